The van der Waals surface area contributed by atoms with Gasteiger partial charge in [-0.3, -0.25) is 0 Å². The largest absolute Gasteiger partial charge is 0.444 e. The molecule has 0 aliphatic carbocycles. The van der Waals surface area contributed by atoms with Gasteiger partial charge in [0.1, 0.15) is 5.60 Å². The molecule has 1 saturated heterocycles. The molecule has 5 nitrogen and oxygen atoms in total. The number of hydrogen-bond acceptors (Lipinski definition) is 4. The Bertz CT molecular complexity index is 526. The van der Waals surface area contributed by atoms with Gasteiger partial charge < -0.3 is 19.1 Å². The zero-order valence-corrected chi connectivity index (χ0v) is 15.2. The van der Waals surface area contributed by atoms with E-state index >= 15 is 0 Å². The van der Waals surface area contributed by atoms with Crippen LogP contribution in [0.3, 0.4) is 0 Å². The van der Waals surface area contributed by atoms with Crippen LogP contribution in [0.1, 0.15) is 39.7 Å². The highest BCUT2D eigenvalue weighted by molar-refractivity contribution is 5.68. The molecule has 134 valence electrons. The van der Waals surface area contributed by atoms with Gasteiger partial charge in [-0.15, -0.1) is 0 Å². The lowest BCUT2D eigenvalue weighted by molar-refractivity contribution is -0.0535. The minimum atomic E-state index is -0.470. The highest BCUT2D eigenvalue weighted by Crippen LogP contribution is 2.26. The molecule has 1 unspecified atom stereocenters. The number of likely N-dealkylation sites (tertiary alicyclic amines) is 1. The Morgan fingerprint density at radius 3 is 2.58 bits per heavy atom. The lowest BCUT2D eigenvalue weighted by Gasteiger charge is -2.27. The first-order valence-corrected chi connectivity index (χ1v) is 8.51. The van der Waals surface area contributed by atoms with Crippen LogP contribution in [0.25, 0.3) is 0 Å². The Hall–Kier alpha value is -1.59. The van der Waals surface area contributed by atoms with E-state index in [-0.39, 0.29) is 11.7 Å². The summed E-state index contributed by atoms with van der Waals surface area (Å²) in [5.41, 5.74) is 0.357. The standard InChI is InChI=1S/C19H29NO4/c1-18(2,3)24-17(21)20-11-10-19(4,15-20)23-13-12-22-14-16-8-6-5-7-9-16/h5-9H,10-15H2,1-4H3. The number of benzene rings is 1. The Kier molecular flexibility index (Phi) is 6.24. The molecular formula is C19H29NO4. The predicted molar refractivity (Wildman–Crippen MR) is 92.9 cm³/mol. The average molecular weight is 335 g/mol. The lowest BCUT2D eigenvalue weighted by atomic mass is 10.1. The van der Waals surface area contributed by atoms with Gasteiger partial charge in [-0.1, -0.05) is 30.3 Å². The topological polar surface area (TPSA) is 48.0 Å². The second kappa shape index (κ2) is 7.99. The number of amides is 1. The van der Waals surface area contributed by atoms with Crippen molar-refractivity contribution in [3.63, 3.8) is 0 Å². The van der Waals surface area contributed by atoms with Crippen molar-refractivity contribution in [2.45, 2.75) is 51.9 Å². The molecule has 0 bridgehead atoms. The van der Waals surface area contributed by atoms with Gasteiger partial charge in [0.05, 0.1) is 32.0 Å². The van der Waals surface area contributed by atoms with E-state index in [0.717, 1.165) is 12.0 Å². The number of carbonyl (C=O) groups excluding carboxylic acids is 1. The zero-order chi connectivity index (χ0) is 17.6. The number of nitrogens with zero attached hydrogens (tertiary/aromatic N) is 1. The third-order valence-electron chi connectivity index (χ3n) is 3.88. The van der Waals surface area contributed by atoms with Crippen molar-refractivity contribution in [2.75, 3.05) is 26.3 Å². The first kappa shape index (κ1) is 18.7. The van der Waals surface area contributed by atoms with Crippen molar-refractivity contribution >= 4 is 6.09 Å². The second-order valence-electron chi connectivity index (χ2n) is 7.49. The average Bonchev–Trinajstić information content (AvgIpc) is 2.89. The van der Waals surface area contributed by atoms with Crippen LogP contribution in [0.5, 0.6) is 0 Å². The molecule has 5 heteroatoms. The lowest BCUT2D eigenvalue weighted by Crippen LogP contribution is -2.39. The maximum Gasteiger partial charge on any atom is 0.410 e. The van der Waals surface area contributed by atoms with Crippen LogP contribution in [-0.4, -0.2) is 48.5 Å². The van der Waals surface area contributed by atoms with Crippen LogP contribution in [0, 0.1) is 0 Å². The second-order valence-corrected chi connectivity index (χ2v) is 7.49. The van der Waals surface area contributed by atoms with Crippen LogP contribution >= 0.6 is 0 Å². The zero-order valence-electron chi connectivity index (χ0n) is 15.2. The van der Waals surface area contributed by atoms with E-state index in [0.29, 0.717) is 32.9 Å². The molecule has 1 fully saturated rings. The number of ether oxygens (including phenoxy) is 3. The van der Waals surface area contributed by atoms with Gasteiger partial charge in [0.25, 0.3) is 0 Å². The summed E-state index contributed by atoms with van der Waals surface area (Å²) >= 11 is 0. The summed E-state index contributed by atoms with van der Waals surface area (Å²) < 4.78 is 17.0. The Morgan fingerprint density at radius 2 is 1.92 bits per heavy atom. The number of rotatable bonds is 6. The van der Waals surface area contributed by atoms with Crippen molar-refractivity contribution in [1.82, 2.24) is 4.90 Å². The van der Waals surface area contributed by atoms with E-state index in [1.807, 2.05) is 58.0 Å². The van der Waals surface area contributed by atoms with Gasteiger partial charge in [0, 0.05) is 6.54 Å². The quantitative estimate of drug-likeness (QED) is 0.745. The summed E-state index contributed by atoms with van der Waals surface area (Å²) in [6.45, 7) is 10.5. The normalized spacial score (nSPS) is 21.1. The van der Waals surface area contributed by atoms with Crippen LogP contribution in [-0.2, 0) is 20.8 Å². The first-order chi connectivity index (χ1) is 11.3. The van der Waals surface area contributed by atoms with Crippen molar-refractivity contribution in [2.24, 2.45) is 0 Å². The summed E-state index contributed by atoms with van der Waals surface area (Å²) in [5.74, 6) is 0. The fraction of sp³-hybridized carbons (Fsp3) is 0.632. The molecule has 1 heterocycles. The van der Waals surface area contributed by atoms with Crippen LogP contribution in [0.2, 0.25) is 0 Å². The number of carbonyl (C=O) groups is 1. The molecule has 0 saturated carbocycles. The molecule has 1 aromatic rings. The molecule has 0 aromatic heterocycles. The van der Waals surface area contributed by atoms with Crippen LogP contribution in [0.15, 0.2) is 30.3 Å². The fourth-order valence-electron chi connectivity index (χ4n) is 2.64. The van der Waals surface area contributed by atoms with Gasteiger partial charge in [-0.05, 0) is 39.7 Å². The maximum absolute atomic E-state index is 12.1. The summed E-state index contributed by atoms with van der Waals surface area (Å²) in [6, 6.07) is 10.1. The minimum Gasteiger partial charge on any atom is -0.444 e. The molecule has 1 aromatic carbocycles. The molecule has 2 rings (SSSR count). The van der Waals surface area contributed by atoms with Crippen molar-refractivity contribution < 1.29 is 19.0 Å². The smallest absolute Gasteiger partial charge is 0.410 e. The van der Waals surface area contributed by atoms with Gasteiger partial charge in [-0.2, -0.15) is 0 Å². The van der Waals surface area contributed by atoms with E-state index in [1.165, 1.54) is 0 Å². The third kappa shape index (κ3) is 6.13. The van der Waals surface area contributed by atoms with Crippen LogP contribution in [0.4, 0.5) is 4.79 Å². The van der Waals surface area contributed by atoms with E-state index in [1.54, 1.807) is 4.90 Å². The molecule has 0 N–H and O–H groups in total. The molecule has 0 radical (unpaired) electrons. The molecule has 1 aliphatic rings. The molecule has 1 atom stereocenters. The molecule has 0 spiro atoms. The van der Waals surface area contributed by atoms with Gasteiger partial charge >= 0.3 is 6.09 Å². The van der Waals surface area contributed by atoms with Crippen LogP contribution < -0.4 is 0 Å². The van der Waals surface area contributed by atoms with Gasteiger partial charge in [0.2, 0.25) is 0 Å². The van der Waals surface area contributed by atoms with E-state index < -0.39 is 5.60 Å². The maximum atomic E-state index is 12.1. The van der Waals surface area contributed by atoms with E-state index in [9.17, 15) is 4.79 Å². The Balaban J connectivity index is 1.67. The van der Waals surface area contributed by atoms with Crippen molar-refractivity contribution in [3.05, 3.63) is 35.9 Å². The van der Waals surface area contributed by atoms with Gasteiger partial charge in [0.15, 0.2) is 0 Å². The van der Waals surface area contributed by atoms with Crippen molar-refractivity contribution in [1.29, 1.82) is 0 Å². The third-order valence-corrected chi connectivity index (χ3v) is 3.88. The minimum absolute atomic E-state index is 0.268. The molecule has 24 heavy (non-hydrogen) atoms. The summed E-state index contributed by atoms with van der Waals surface area (Å²) in [4.78, 5) is 13.8. The fourth-order valence-corrected chi connectivity index (χ4v) is 2.64. The predicted octanol–water partition coefficient (Wildman–Crippen LogP) is 3.62. The highest BCUT2D eigenvalue weighted by Gasteiger charge is 2.38. The Morgan fingerprint density at radius 1 is 1.21 bits per heavy atom. The summed E-state index contributed by atoms with van der Waals surface area (Å²) in [7, 11) is 0. The highest BCUT2D eigenvalue weighted by atomic mass is 16.6. The number of hydrogen-bond donors (Lipinski definition) is 0. The first-order valence-electron chi connectivity index (χ1n) is 8.51. The monoisotopic (exact) mass is 335 g/mol. The molecular weight excluding hydrogens is 306 g/mol. The summed E-state index contributed by atoms with van der Waals surface area (Å²) in [5, 5.41) is 0. The summed E-state index contributed by atoms with van der Waals surface area (Å²) in [6.07, 6.45) is 0.542. The van der Waals surface area contributed by atoms with Crippen molar-refractivity contribution in [3.8, 4) is 0 Å². The SMILES string of the molecule is CC(C)(C)OC(=O)N1CCC(C)(OCCOCc2ccccc2)C1. The van der Waals surface area contributed by atoms with E-state index in [4.69, 9.17) is 14.2 Å². The Labute approximate surface area is 144 Å². The molecule has 1 amide bonds. The molecule has 1 aliphatic heterocycles. The van der Waals surface area contributed by atoms with Gasteiger partial charge in [-0.25, -0.2) is 4.79 Å². The van der Waals surface area contributed by atoms with E-state index in [2.05, 4.69) is 0 Å².